The number of nitrogens with one attached hydrogen (secondary N) is 2. The fraction of sp³-hybridized carbons (Fsp3) is 0.143. The smallest absolute Gasteiger partial charge is 0.273 e. The van der Waals surface area contributed by atoms with Gasteiger partial charge < -0.3 is 0 Å². The number of carbonyl (C=O) groups is 2. The van der Waals surface area contributed by atoms with Crippen molar-refractivity contribution in [3.05, 3.63) is 59.7 Å². The first-order valence-electron chi connectivity index (χ1n) is 6.07. The van der Waals surface area contributed by atoms with Crippen LogP contribution in [0.5, 0.6) is 0 Å². The van der Waals surface area contributed by atoms with Crippen LogP contribution in [0.4, 0.5) is 0 Å². The zero-order valence-corrected chi connectivity index (χ0v) is 11.0. The van der Waals surface area contributed by atoms with Crippen LogP contribution in [-0.4, -0.2) is 21.8 Å². The summed E-state index contributed by atoms with van der Waals surface area (Å²) in [5.74, 6) is -0.802. The molecular weight excluding hydrogens is 256 g/mol. The van der Waals surface area contributed by atoms with Crippen LogP contribution in [0, 0.1) is 6.92 Å². The van der Waals surface area contributed by atoms with Gasteiger partial charge in [-0.3, -0.25) is 25.4 Å². The van der Waals surface area contributed by atoms with Crippen molar-refractivity contribution in [3.63, 3.8) is 0 Å². The molecule has 0 unspecified atom stereocenters. The normalized spacial score (nSPS) is 9.85. The predicted molar refractivity (Wildman–Crippen MR) is 72.5 cm³/mol. The average molecular weight is 270 g/mol. The van der Waals surface area contributed by atoms with E-state index in [1.54, 1.807) is 6.92 Å². The van der Waals surface area contributed by atoms with Crippen molar-refractivity contribution in [1.29, 1.82) is 0 Å². The minimum absolute atomic E-state index is 0.149. The Morgan fingerprint density at radius 1 is 1.05 bits per heavy atom. The van der Waals surface area contributed by atoms with E-state index in [0.717, 1.165) is 11.3 Å². The summed E-state index contributed by atoms with van der Waals surface area (Å²) >= 11 is 0. The van der Waals surface area contributed by atoms with Gasteiger partial charge in [-0.15, -0.1) is 0 Å². The number of carbonyl (C=O) groups excluding carboxylic acids is 2. The number of hydrogen-bond acceptors (Lipinski definition) is 4. The Morgan fingerprint density at radius 2 is 1.80 bits per heavy atom. The van der Waals surface area contributed by atoms with Crippen LogP contribution < -0.4 is 10.9 Å². The number of hydrazine groups is 1. The van der Waals surface area contributed by atoms with Crippen molar-refractivity contribution in [2.24, 2.45) is 0 Å². The summed E-state index contributed by atoms with van der Waals surface area (Å²) in [4.78, 5) is 31.2. The van der Waals surface area contributed by atoms with E-state index in [9.17, 15) is 9.59 Å². The molecule has 6 heteroatoms. The molecule has 102 valence electrons. The molecule has 0 atom stereocenters. The third-order valence-electron chi connectivity index (χ3n) is 2.54. The fourth-order valence-corrected chi connectivity index (χ4v) is 1.53. The van der Waals surface area contributed by atoms with Gasteiger partial charge in [0.05, 0.1) is 18.3 Å². The maximum Gasteiger partial charge on any atom is 0.289 e. The molecule has 0 saturated carbocycles. The van der Waals surface area contributed by atoms with E-state index in [2.05, 4.69) is 20.8 Å². The minimum Gasteiger partial charge on any atom is -0.273 e. The summed E-state index contributed by atoms with van der Waals surface area (Å²) in [5, 5.41) is 0. The largest absolute Gasteiger partial charge is 0.289 e. The molecule has 2 rings (SSSR count). The van der Waals surface area contributed by atoms with Gasteiger partial charge in [0.15, 0.2) is 0 Å². The highest BCUT2D eigenvalue weighted by Crippen LogP contribution is 1.99. The number of nitrogens with zero attached hydrogens (tertiary/aromatic N) is 2. The number of benzene rings is 1. The number of aromatic nitrogens is 2. The molecule has 0 spiro atoms. The van der Waals surface area contributed by atoms with Gasteiger partial charge in [-0.2, -0.15) is 0 Å². The zero-order valence-electron chi connectivity index (χ0n) is 11.0. The van der Waals surface area contributed by atoms with Gasteiger partial charge in [0, 0.05) is 6.20 Å². The lowest BCUT2D eigenvalue weighted by Gasteiger charge is -2.06. The van der Waals surface area contributed by atoms with Gasteiger partial charge >= 0.3 is 0 Å². The summed E-state index contributed by atoms with van der Waals surface area (Å²) in [6, 6.07) is 9.26. The third kappa shape index (κ3) is 3.88. The zero-order chi connectivity index (χ0) is 14.4. The van der Waals surface area contributed by atoms with Gasteiger partial charge in [-0.1, -0.05) is 30.3 Å². The van der Waals surface area contributed by atoms with Gasteiger partial charge in [-0.05, 0) is 12.5 Å². The molecule has 0 fully saturated rings. The Kier molecular flexibility index (Phi) is 4.39. The first kappa shape index (κ1) is 13.7. The fourth-order valence-electron chi connectivity index (χ4n) is 1.53. The molecule has 6 nitrogen and oxygen atoms in total. The highest BCUT2D eigenvalue weighted by molar-refractivity contribution is 5.93. The maximum atomic E-state index is 11.7. The monoisotopic (exact) mass is 270 g/mol. The molecule has 0 aliphatic rings. The summed E-state index contributed by atoms with van der Waals surface area (Å²) in [5.41, 5.74) is 6.37. The second-order valence-corrected chi connectivity index (χ2v) is 4.21. The van der Waals surface area contributed by atoms with Gasteiger partial charge in [0.25, 0.3) is 5.91 Å². The van der Waals surface area contributed by atoms with Crippen LogP contribution in [0.1, 0.15) is 21.7 Å². The summed E-state index contributed by atoms with van der Waals surface area (Å²) < 4.78 is 0. The molecule has 2 aromatic rings. The van der Waals surface area contributed by atoms with Gasteiger partial charge in [-0.25, -0.2) is 4.98 Å². The van der Waals surface area contributed by atoms with Crippen LogP contribution in [0.3, 0.4) is 0 Å². The van der Waals surface area contributed by atoms with E-state index in [-0.39, 0.29) is 18.0 Å². The van der Waals surface area contributed by atoms with Crippen molar-refractivity contribution < 1.29 is 9.59 Å². The van der Waals surface area contributed by atoms with Gasteiger partial charge in [0.1, 0.15) is 5.69 Å². The number of rotatable bonds is 3. The molecule has 2 amide bonds. The van der Waals surface area contributed by atoms with E-state index in [4.69, 9.17) is 0 Å². The Labute approximate surface area is 116 Å². The van der Waals surface area contributed by atoms with E-state index in [0.29, 0.717) is 0 Å². The summed E-state index contributed by atoms with van der Waals surface area (Å²) in [6.45, 7) is 1.77. The Hall–Kier alpha value is -2.76. The maximum absolute atomic E-state index is 11.7. The second kappa shape index (κ2) is 6.42. The van der Waals surface area contributed by atoms with Crippen molar-refractivity contribution in [3.8, 4) is 0 Å². The topological polar surface area (TPSA) is 84.0 Å². The third-order valence-corrected chi connectivity index (χ3v) is 2.54. The van der Waals surface area contributed by atoms with Gasteiger partial charge in [0.2, 0.25) is 5.91 Å². The van der Waals surface area contributed by atoms with Crippen LogP contribution in [-0.2, 0) is 11.2 Å². The van der Waals surface area contributed by atoms with Crippen molar-refractivity contribution in [2.75, 3.05) is 0 Å². The molecule has 2 N–H and O–H groups in total. The van der Waals surface area contributed by atoms with Crippen molar-refractivity contribution in [2.45, 2.75) is 13.3 Å². The quantitative estimate of drug-likeness (QED) is 0.808. The van der Waals surface area contributed by atoms with Crippen LogP contribution in [0.2, 0.25) is 0 Å². The Morgan fingerprint density at radius 3 is 2.45 bits per heavy atom. The molecule has 0 bridgehead atoms. The number of aryl methyl sites for hydroxylation is 1. The standard InChI is InChI=1S/C14H14N4O2/c1-10-8-16-12(9-15-10)14(20)18-17-13(19)7-11-5-3-2-4-6-11/h2-6,8-9H,7H2,1H3,(H,17,19)(H,18,20). The highest BCUT2D eigenvalue weighted by Gasteiger charge is 2.09. The SMILES string of the molecule is Cc1cnc(C(=O)NNC(=O)Cc2ccccc2)cn1. The number of amides is 2. The van der Waals surface area contributed by atoms with E-state index in [1.807, 2.05) is 30.3 Å². The van der Waals surface area contributed by atoms with Crippen molar-refractivity contribution in [1.82, 2.24) is 20.8 Å². The van der Waals surface area contributed by atoms with Crippen LogP contribution >= 0.6 is 0 Å². The molecule has 0 saturated heterocycles. The molecule has 20 heavy (non-hydrogen) atoms. The lowest BCUT2D eigenvalue weighted by molar-refractivity contribution is -0.121. The van der Waals surface area contributed by atoms with E-state index in [1.165, 1.54) is 12.4 Å². The number of hydrogen-bond donors (Lipinski definition) is 2. The molecule has 0 radical (unpaired) electrons. The first-order chi connectivity index (χ1) is 9.65. The molecule has 1 heterocycles. The lowest BCUT2D eigenvalue weighted by Crippen LogP contribution is -2.42. The molecule has 0 aliphatic heterocycles. The van der Waals surface area contributed by atoms with Crippen LogP contribution in [0.15, 0.2) is 42.7 Å². The average Bonchev–Trinajstić information content (AvgIpc) is 2.46. The summed E-state index contributed by atoms with van der Waals surface area (Å²) in [6.07, 6.45) is 3.04. The molecule has 0 aliphatic carbocycles. The van der Waals surface area contributed by atoms with Crippen molar-refractivity contribution >= 4 is 11.8 Å². The second-order valence-electron chi connectivity index (χ2n) is 4.21. The lowest BCUT2D eigenvalue weighted by atomic mass is 10.1. The molecule has 1 aromatic heterocycles. The van der Waals surface area contributed by atoms with E-state index >= 15 is 0 Å². The molecular formula is C14H14N4O2. The molecule has 1 aromatic carbocycles. The highest BCUT2D eigenvalue weighted by atomic mass is 16.2. The van der Waals surface area contributed by atoms with Crippen LogP contribution in [0.25, 0.3) is 0 Å². The van der Waals surface area contributed by atoms with E-state index < -0.39 is 5.91 Å². The minimum atomic E-state index is -0.501. The Bertz CT molecular complexity index is 596. The Balaban J connectivity index is 1.84. The predicted octanol–water partition coefficient (Wildman–Crippen LogP) is 0.789. The summed E-state index contributed by atoms with van der Waals surface area (Å²) in [7, 11) is 0. The first-order valence-corrected chi connectivity index (χ1v) is 6.07.